The molecule has 0 aliphatic heterocycles. The van der Waals surface area contributed by atoms with Gasteiger partial charge in [0.2, 0.25) is 0 Å². The van der Waals surface area contributed by atoms with Gasteiger partial charge in [-0.3, -0.25) is 10.1 Å². The second-order valence-corrected chi connectivity index (χ2v) is 2.84. The molecular formula is C9H9F2NO4. The highest BCUT2D eigenvalue weighted by atomic mass is 19.1. The molecule has 0 radical (unpaired) electrons. The van der Waals surface area contributed by atoms with Crippen LogP contribution in [0, 0.1) is 21.7 Å². The van der Waals surface area contributed by atoms with Gasteiger partial charge in [-0.15, -0.1) is 0 Å². The van der Waals surface area contributed by atoms with Gasteiger partial charge in [0.25, 0.3) is 5.69 Å². The molecule has 0 bridgehead atoms. The molecule has 0 aliphatic carbocycles. The van der Waals surface area contributed by atoms with E-state index in [1.54, 1.807) is 0 Å². The fourth-order valence-corrected chi connectivity index (χ4v) is 1.02. The van der Waals surface area contributed by atoms with Crippen LogP contribution in [-0.2, 0) is 4.74 Å². The van der Waals surface area contributed by atoms with Crippen LogP contribution in [0.2, 0.25) is 0 Å². The van der Waals surface area contributed by atoms with Crippen LogP contribution < -0.4 is 4.74 Å². The van der Waals surface area contributed by atoms with Gasteiger partial charge in [-0.05, 0) is 0 Å². The van der Waals surface area contributed by atoms with E-state index in [1.165, 1.54) is 7.11 Å². The predicted molar refractivity (Wildman–Crippen MR) is 50.4 cm³/mol. The van der Waals surface area contributed by atoms with Crippen molar-refractivity contribution >= 4 is 5.69 Å². The topological polar surface area (TPSA) is 61.6 Å². The Balaban J connectivity index is 2.89. The lowest BCUT2D eigenvalue weighted by Crippen LogP contribution is -2.07. The summed E-state index contributed by atoms with van der Waals surface area (Å²) in [5.41, 5.74) is -0.658. The minimum absolute atomic E-state index is 0.0395. The lowest BCUT2D eigenvalue weighted by Gasteiger charge is -2.07. The summed E-state index contributed by atoms with van der Waals surface area (Å²) >= 11 is 0. The second kappa shape index (κ2) is 5.36. The van der Waals surface area contributed by atoms with E-state index in [2.05, 4.69) is 4.74 Å². The first-order valence-corrected chi connectivity index (χ1v) is 4.31. The summed E-state index contributed by atoms with van der Waals surface area (Å²) in [6.45, 7) is 0.123. The molecule has 16 heavy (non-hydrogen) atoms. The van der Waals surface area contributed by atoms with E-state index in [0.29, 0.717) is 12.1 Å². The van der Waals surface area contributed by atoms with Crippen molar-refractivity contribution in [2.75, 3.05) is 20.3 Å². The number of methoxy groups -OCH3 is 1. The summed E-state index contributed by atoms with van der Waals surface area (Å²) in [6.07, 6.45) is 0. The first-order valence-electron chi connectivity index (χ1n) is 4.31. The quantitative estimate of drug-likeness (QED) is 0.442. The van der Waals surface area contributed by atoms with Gasteiger partial charge in [0, 0.05) is 7.11 Å². The number of hydrogen-bond acceptors (Lipinski definition) is 4. The van der Waals surface area contributed by atoms with Crippen LogP contribution in [0.15, 0.2) is 12.1 Å². The van der Waals surface area contributed by atoms with Gasteiger partial charge in [0.15, 0.2) is 17.4 Å². The maximum Gasteiger partial charge on any atom is 0.275 e. The summed E-state index contributed by atoms with van der Waals surface area (Å²) < 4.78 is 35.7. The molecule has 0 fully saturated rings. The molecule has 1 aromatic carbocycles. The molecule has 0 unspecified atom stereocenters. The zero-order chi connectivity index (χ0) is 12.1. The zero-order valence-electron chi connectivity index (χ0n) is 8.41. The molecule has 0 spiro atoms. The molecule has 0 amide bonds. The lowest BCUT2D eigenvalue weighted by atomic mass is 10.3. The average Bonchev–Trinajstić information content (AvgIpc) is 2.21. The third-order valence-corrected chi connectivity index (χ3v) is 1.73. The number of halogens is 2. The van der Waals surface area contributed by atoms with Gasteiger partial charge in [-0.25, -0.2) is 8.78 Å². The number of nitro groups is 1. The van der Waals surface area contributed by atoms with Gasteiger partial charge >= 0.3 is 0 Å². The second-order valence-electron chi connectivity index (χ2n) is 2.84. The van der Waals surface area contributed by atoms with Crippen LogP contribution in [0.5, 0.6) is 5.75 Å². The van der Waals surface area contributed by atoms with E-state index >= 15 is 0 Å². The molecule has 5 nitrogen and oxygen atoms in total. The molecular weight excluding hydrogens is 224 g/mol. The number of nitrogens with zero attached hydrogens (tertiary/aromatic N) is 1. The van der Waals surface area contributed by atoms with Crippen molar-refractivity contribution in [3.8, 4) is 5.75 Å². The summed E-state index contributed by atoms with van der Waals surface area (Å²) in [7, 11) is 1.41. The third-order valence-electron chi connectivity index (χ3n) is 1.73. The van der Waals surface area contributed by atoms with E-state index in [0.717, 1.165) is 0 Å². The molecule has 1 rings (SSSR count). The molecule has 7 heteroatoms. The number of non-ortho nitro benzene ring substituents is 1. The Morgan fingerprint density at radius 3 is 2.31 bits per heavy atom. The van der Waals surface area contributed by atoms with E-state index in [4.69, 9.17) is 4.74 Å². The first kappa shape index (κ1) is 12.3. The number of rotatable bonds is 5. The minimum Gasteiger partial charge on any atom is -0.485 e. The number of ether oxygens (including phenoxy) is 2. The van der Waals surface area contributed by atoms with E-state index in [9.17, 15) is 18.9 Å². The van der Waals surface area contributed by atoms with Gasteiger partial charge < -0.3 is 9.47 Å². The molecule has 0 N–H and O–H groups in total. The Kier molecular flexibility index (Phi) is 4.12. The molecule has 0 aliphatic rings. The smallest absolute Gasteiger partial charge is 0.275 e. The van der Waals surface area contributed by atoms with Crippen LogP contribution in [0.25, 0.3) is 0 Å². The highest BCUT2D eigenvalue weighted by molar-refractivity contribution is 5.39. The van der Waals surface area contributed by atoms with Crippen molar-refractivity contribution < 1.29 is 23.2 Å². The molecule has 0 heterocycles. The fourth-order valence-electron chi connectivity index (χ4n) is 1.02. The first-order chi connectivity index (χ1) is 7.56. The molecule has 1 aromatic rings. The maximum absolute atomic E-state index is 13.2. The van der Waals surface area contributed by atoms with Crippen LogP contribution in [-0.4, -0.2) is 25.2 Å². The Morgan fingerprint density at radius 2 is 1.88 bits per heavy atom. The fraction of sp³-hybridized carbons (Fsp3) is 0.333. The Bertz CT molecular complexity index is 374. The van der Waals surface area contributed by atoms with Crippen molar-refractivity contribution in [3.05, 3.63) is 33.9 Å². The number of nitro benzene ring substituents is 1. The summed E-state index contributed by atoms with van der Waals surface area (Å²) in [5, 5.41) is 10.3. The van der Waals surface area contributed by atoms with Crippen LogP contribution in [0.3, 0.4) is 0 Å². The normalized spacial score (nSPS) is 10.2. The minimum atomic E-state index is -1.11. The molecule has 0 atom stereocenters. The Morgan fingerprint density at radius 1 is 1.31 bits per heavy atom. The summed E-state index contributed by atoms with van der Waals surface area (Å²) in [6, 6.07) is 1.20. The van der Waals surface area contributed by atoms with Crippen molar-refractivity contribution in [2.45, 2.75) is 0 Å². The Hall–Kier alpha value is -1.76. The van der Waals surface area contributed by atoms with Gasteiger partial charge in [0.05, 0.1) is 23.7 Å². The van der Waals surface area contributed by atoms with Crippen LogP contribution >= 0.6 is 0 Å². The van der Waals surface area contributed by atoms with Gasteiger partial charge in [0.1, 0.15) is 6.61 Å². The molecule has 88 valence electrons. The molecule has 0 saturated heterocycles. The third kappa shape index (κ3) is 2.86. The molecule has 0 aromatic heterocycles. The predicted octanol–water partition coefficient (Wildman–Crippen LogP) is 1.90. The number of hydrogen-bond donors (Lipinski definition) is 0. The SMILES string of the molecule is COCCOc1c(F)cc([N+](=O)[O-])cc1F. The highest BCUT2D eigenvalue weighted by Gasteiger charge is 2.17. The van der Waals surface area contributed by atoms with Gasteiger partial charge in [-0.1, -0.05) is 0 Å². The van der Waals surface area contributed by atoms with E-state index in [-0.39, 0.29) is 13.2 Å². The van der Waals surface area contributed by atoms with Crippen LogP contribution in [0.1, 0.15) is 0 Å². The summed E-state index contributed by atoms with van der Waals surface area (Å²) in [4.78, 5) is 9.40. The van der Waals surface area contributed by atoms with Crippen molar-refractivity contribution in [3.63, 3.8) is 0 Å². The van der Waals surface area contributed by atoms with E-state index in [1.807, 2.05) is 0 Å². The maximum atomic E-state index is 13.2. The standard InChI is InChI=1S/C9H9F2NO4/c1-15-2-3-16-9-7(10)4-6(12(13)14)5-8(9)11/h4-5H,2-3H2,1H3. The van der Waals surface area contributed by atoms with Crippen molar-refractivity contribution in [1.29, 1.82) is 0 Å². The highest BCUT2D eigenvalue weighted by Crippen LogP contribution is 2.26. The van der Waals surface area contributed by atoms with E-state index < -0.39 is 28.0 Å². The largest absolute Gasteiger partial charge is 0.485 e. The lowest BCUT2D eigenvalue weighted by molar-refractivity contribution is -0.385. The van der Waals surface area contributed by atoms with Crippen LogP contribution in [0.4, 0.5) is 14.5 Å². The molecule has 0 saturated carbocycles. The zero-order valence-corrected chi connectivity index (χ0v) is 8.41. The average molecular weight is 233 g/mol. The Labute approximate surface area is 89.7 Å². The summed E-state index contributed by atoms with van der Waals surface area (Å²) in [5.74, 6) is -2.85. The van der Waals surface area contributed by atoms with Gasteiger partial charge in [-0.2, -0.15) is 0 Å². The van der Waals surface area contributed by atoms with Crippen molar-refractivity contribution in [2.24, 2.45) is 0 Å². The monoisotopic (exact) mass is 233 g/mol. The van der Waals surface area contributed by atoms with Crippen molar-refractivity contribution in [1.82, 2.24) is 0 Å². The number of benzene rings is 1.